The molecule has 0 aliphatic heterocycles. The standard InChI is InChI=1S/C17H22N2O5S/c1-5-19(13-7-9-14(23-4)10-8-13)25(21,22)15-11-16(18(3)12-15)17(20)24-6-2/h7-12H,5-6H2,1-4H3. The molecule has 0 saturated heterocycles. The summed E-state index contributed by atoms with van der Waals surface area (Å²) in [5.41, 5.74) is 0.705. The Labute approximate surface area is 147 Å². The fraction of sp³-hybridized carbons (Fsp3) is 0.353. The SMILES string of the molecule is CCOC(=O)c1cc(S(=O)(=O)N(CC)c2ccc(OC)cc2)cn1C. The Kier molecular flexibility index (Phi) is 5.73. The molecule has 0 N–H and O–H groups in total. The van der Waals surface area contributed by atoms with Crippen molar-refractivity contribution in [2.24, 2.45) is 7.05 Å². The molecule has 1 aromatic heterocycles. The molecular weight excluding hydrogens is 344 g/mol. The summed E-state index contributed by atoms with van der Waals surface area (Å²) in [6.45, 7) is 3.91. The van der Waals surface area contributed by atoms with Gasteiger partial charge in [0.2, 0.25) is 0 Å². The van der Waals surface area contributed by atoms with Crippen LogP contribution in [0.3, 0.4) is 0 Å². The number of sulfonamides is 1. The van der Waals surface area contributed by atoms with Gasteiger partial charge in [0.05, 0.1) is 19.4 Å². The van der Waals surface area contributed by atoms with Crippen molar-refractivity contribution in [2.45, 2.75) is 18.7 Å². The average molecular weight is 366 g/mol. The second-order valence-electron chi connectivity index (χ2n) is 5.26. The third-order valence-electron chi connectivity index (χ3n) is 3.70. The molecule has 7 nitrogen and oxygen atoms in total. The molecule has 0 bridgehead atoms. The molecule has 2 rings (SSSR count). The van der Waals surface area contributed by atoms with Crippen molar-refractivity contribution in [3.63, 3.8) is 0 Å². The number of esters is 1. The van der Waals surface area contributed by atoms with Crippen LogP contribution in [0.1, 0.15) is 24.3 Å². The van der Waals surface area contributed by atoms with Crippen LogP contribution in [0.15, 0.2) is 41.4 Å². The van der Waals surface area contributed by atoms with Crippen LogP contribution in [0, 0.1) is 0 Å². The minimum absolute atomic E-state index is 0.0377. The molecule has 0 atom stereocenters. The Hall–Kier alpha value is -2.48. The molecule has 0 amide bonds. The fourth-order valence-corrected chi connectivity index (χ4v) is 4.00. The number of carbonyl (C=O) groups is 1. The van der Waals surface area contributed by atoms with Crippen molar-refractivity contribution < 1.29 is 22.7 Å². The zero-order valence-electron chi connectivity index (χ0n) is 14.7. The maximum atomic E-state index is 13.0. The minimum Gasteiger partial charge on any atom is -0.497 e. The van der Waals surface area contributed by atoms with Gasteiger partial charge >= 0.3 is 5.97 Å². The predicted octanol–water partition coefficient (Wildman–Crippen LogP) is 2.43. The maximum Gasteiger partial charge on any atom is 0.354 e. The van der Waals surface area contributed by atoms with Crippen molar-refractivity contribution in [2.75, 3.05) is 24.6 Å². The number of aryl methyl sites for hydroxylation is 1. The zero-order valence-corrected chi connectivity index (χ0v) is 15.5. The molecule has 0 spiro atoms. The van der Waals surface area contributed by atoms with Gasteiger partial charge in [-0.05, 0) is 44.2 Å². The Morgan fingerprint density at radius 3 is 2.36 bits per heavy atom. The Morgan fingerprint density at radius 1 is 1.20 bits per heavy atom. The first-order valence-corrected chi connectivity index (χ1v) is 9.29. The van der Waals surface area contributed by atoms with E-state index >= 15 is 0 Å². The third-order valence-corrected chi connectivity index (χ3v) is 5.57. The molecule has 0 unspecified atom stereocenters. The van der Waals surface area contributed by atoms with Crippen LogP contribution in [0.5, 0.6) is 5.75 Å². The Balaban J connectivity index is 2.41. The summed E-state index contributed by atoms with van der Waals surface area (Å²) >= 11 is 0. The van der Waals surface area contributed by atoms with Crippen LogP contribution < -0.4 is 9.04 Å². The van der Waals surface area contributed by atoms with Gasteiger partial charge in [-0.25, -0.2) is 13.2 Å². The van der Waals surface area contributed by atoms with E-state index in [0.717, 1.165) is 0 Å². The van der Waals surface area contributed by atoms with E-state index < -0.39 is 16.0 Å². The predicted molar refractivity (Wildman–Crippen MR) is 94.6 cm³/mol. The van der Waals surface area contributed by atoms with Crippen molar-refractivity contribution in [1.82, 2.24) is 4.57 Å². The topological polar surface area (TPSA) is 77.8 Å². The molecule has 1 aromatic carbocycles. The van der Waals surface area contributed by atoms with Gasteiger partial charge in [-0.1, -0.05) is 0 Å². The van der Waals surface area contributed by atoms with Gasteiger partial charge < -0.3 is 14.0 Å². The normalized spacial score (nSPS) is 11.2. The van der Waals surface area contributed by atoms with Gasteiger partial charge in [0.25, 0.3) is 10.0 Å². The largest absolute Gasteiger partial charge is 0.497 e. The number of nitrogens with zero attached hydrogens (tertiary/aromatic N) is 2. The van der Waals surface area contributed by atoms with Crippen molar-refractivity contribution in [3.05, 3.63) is 42.2 Å². The highest BCUT2D eigenvalue weighted by atomic mass is 32.2. The second-order valence-corrected chi connectivity index (χ2v) is 7.12. The highest BCUT2D eigenvalue weighted by Gasteiger charge is 2.27. The lowest BCUT2D eigenvalue weighted by atomic mass is 10.3. The maximum absolute atomic E-state index is 13.0. The lowest BCUT2D eigenvalue weighted by Crippen LogP contribution is -2.30. The van der Waals surface area contributed by atoms with E-state index in [4.69, 9.17) is 9.47 Å². The molecule has 0 radical (unpaired) electrons. The van der Waals surface area contributed by atoms with E-state index in [1.54, 1.807) is 52.3 Å². The number of ether oxygens (including phenoxy) is 2. The summed E-state index contributed by atoms with van der Waals surface area (Å²) in [5.74, 6) is 0.0838. The van der Waals surface area contributed by atoms with Crippen LogP contribution in [-0.2, 0) is 21.8 Å². The third kappa shape index (κ3) is 3.79. The number of methoxy groups -OCH3 is 1. The first-order valence-electron chi connectivity index (χ1n) is 7.85. The van der Waals surface area contributed by atoms with Gasteiger partial charge in [0.1, 0.15) is 16.3 Å². The minimum atomic E-state index is -3.81. The molecule has 0 fully saturated rings. The summed E-state index contributed by atoms with van der Waals surface area (Å²) < 4.78 is 38.8. The van der Waals surface area contributed by atoms with Crippen molar-refractivity contribution in [3.8, 4) is 5.75 Å². The van der Waals surface area contributed by atoms with E-state index in [1.165, 1.54) is 21.1 Å². The first-order chi connectivity index (χ1) is 11.8. The smallest absolute Gasteiger partial charge is 0.354 e. The summed E-state index contributed by atoms with van der Waals surface area (Å²) in [5, 5.41) is 0. The zero-order chi connectivity index (χ0) is 18.6. The number of benzene rings is 1. The van der Waals surface area contributed by atoms with Crippen molar-refractivity contribution in [1.29, 1.82) is 0 Å². The Bertz CT molecular complexity index is 840. The molecule has 0 saturated carbocycles. The van der Waals surface area contributed by atoms with Crippen molar-refractivity contribution >= 4 is 21.7 Å². The first kappa shape index (κ1) is 18.9. The molecule has 1 heterocycles. The summed E-state index contributed by atoms with van der Waals surface area (Å²) in [6.07, 6.45) is 1.41. The van der Waals surface area contributed by atoms with Gasteiger partial charge in [-0.15, -0.1) is 0 Å². The molecule has 0 aliphatic rings. The highest BCUT2D eigenvalue weighted by molar-refractivity contribution is 7.92. The van der Waals surface area contributed by atoms with E-state index in [9.17, 15) is 13.2 Å². The van der Waals surface area contributed by atoms with E-state index in [1.807, 2.05) is 0 Å². The van der Waals surface area contributed by atoms with Crippen LogP contribution >= 0.6 is 0 Å². The highest BCUT2D eigenvalue weighted by Crippen LogP contribution is 2.26. The van der Waals surface area contributed by atoms with E-state index in [-0.39, 0.29) is 23.7 Å². The van der Waals surface area contributed by atoms with Crippen LogP contribution in [0.4, 0.5) is 5.69 Å². The summed E-state index contributed by atoms with van der Waals surface area (Å²) in [4.78, 5) is 12.0. The lowest BCUT2D eigenvalue weighted by Gasteiger charge is -2.22. The number of aromatic nitrogens is 1. The van der Waals surface area contributed by atoms with Gasteiger partial charge in [-0.2, -0.15) is 0 Å². The number of carbonyl (C=O) groups excluding carboxylic acids is 1. The van der Waals surface area contributed by atoms with Crippen LogP contribution in [0.25, 0.3) is 0 Å². The van der Waals surface area contributed by atoms with Gasteiger partial charge in [0, 0.05) is 19.8 Å². The Morgan fingerprint density at radius 2 is 1.84 bits per heavy atom. The quantitative estimate of drug-likeness (QED) is 0.703. The molecular formula is C17H22N2O5S. The fourth-order valence-electron chi connectivity index (χ4n) is 2.45. The molecule has 25 heavy (non-hydrogen) atoms. The van der Waals surface area contributed by atoms with Crippen LogP contribution in [-0.4, -0.2) is 39.2 Å². The number of hydrogen-bond donors (Lipinski definition) is 0. The number of hydrogen-bond acceptors (Lipinski definition) is 5. The second kappa shape index (κ2) is 7.60. The average Bonchev–Trinajstić information content (AvgIpc) is 2.99. The van der Waals surface area contributed by atoms with E-state index in [2.05, 4.69) is 0 Å². The van der Waals surface area contributed by atoms with E-state index in [0.29, 0.717) is 11.4 Å². The molecule has 2 aromatic rings. The molecule has 8 heteroatoms. The molecule has 0 aliphatic carbocycles. The number of rotatable bonds is 7. The summed E-state index contributed by atoms with van der Waals surface area (Å²) in [6, 6.07) is 8.08. The molecule has 136 valence electrons. The van der Waals surface area contributed by atoms with Crippen LogP contribution in [0.2, 0.25) is 0 Å². The monoisotopic (exact) mass is 366 g/mol. The van der Waals surface area contributed by atoms with Gasteiger partial charge in [-0.3, -0.25) is 4.31 Å². The van der Waals surface area contributed by atoms with Gasteiger partial charge in [0.15, 0.2) is 0 Å². The summed E-state index contributed by atoms with van der Waals surface area (Å²) in [7, 11) is -0.658. The lowest BCUT2D eigenvalue weighted by molar-refractivity contribution is 0.0515. The number of anilines is 1.